The van der Waals surface area contributed by atoms with E-state index in [1.165, 1.54) is 6.92 Å². The number of aromatic nitrogens is 2. The number of Topliss-reactive ketones (excluding diaryl/α,β-unsaturated/α-hetero) is 1. The summed E-state index contributed by atoms with van der Waals surface area (Å²) in [4.78, 5) is 62.9. The quantitative estimate of drug-likeness (QED) is 0.192. The number of urea groups is 1. The van der Waals surface area contributed by atoms with Crippen molar-refractivity contribution in [3.05, 3.63) is 104 Å². The van der Waals surface area contributed by atoms with Gasteiger partial charge >= 0.3 is 12.0 Å². The average Bonchev–Trinajstić information content (AvgIpc) is 3.38. The second-order valence-electron chi connectivity index (χ2n) is 12.4. The molecule has 5 heterocycles. The minimum atomic E-state index is -1.52. The fourth-order valence-corrected chi connectivity index (χ4v) is 7.17. The van der Waals surface area contributed by atoms with Crippen LogP contribution in [0.5, 0.6) is 0 Å². The highest BCUT2D eigenvalue weighted by Gasteiger charge is 2.40. The lowest BCUT2D eigenvalue weighted by molar-refractivity contribution is -0.149. The first-order valence-corrected chi connectivity index (χ1v) is 16.1. The van der Waals surface area contributed by atoms with Crippen LogP contribution in [0.25, 0.3) is 22.3 Å². The van der Waals surface area contributed by atoms with E-state index in [2.05, 4.69) is 5.32 Å². The van der Waals surface area contributed by atoms with Gasteiger partial charge < -0.3 is 19.7 Å². The summed E-state index contributed by atoms with van der Waals surface area (Å²) >= 11 is 0. The summed E-state index contributed by atoms with van der Waals surface area (Å²) in [5, 5.41) is 15.3. The number of hydrogen-bond donors (Lipinski definition) is 2. The lowest BCUT2D eigenvalue weighted by Crippen LogP contribution is -2.47. The van der Waals surface area contributed by atoms with Gasteiger partial charge in [-0.2, -0.15) is 0 Å². The SMILES string of the molecule is CCN1C(=O)NC(c2ccc(N=Cc3c4c(nc5ccccc35)-c3cc5c(c(=O)n3C4)COC(=O)CC5(O)CC)cc2)C(C(C)=O)=C1C. The number of ketones is 1. The number of rotatable bonds is 6. The Labute approximate surface area is 276 Å². The van der Waals surface area contributed by atoms with Gasteiger partial charge in [-0.05, 0) is 62.6 Å². The Morgan fingerprint density at radius 1 is 1.12 bits per heavy atom. The number of amides is 2. The first kappa shape index (κ1) is 31.2. The van der Waals surface area contributed by atoms with Crippen molar-refractivity contribution < 1.29 is 24.2 Å². The molecule has 0 saturated carbocycles. The number of carbonyl (C=O) groups is 3. The number of nitrogens with zero attached hydrogens (tertiary/aromatic N) is 4. The van der Waals surface area contributed by atoms with Crippen LogP contribution in [0.2, 0.25) is 0 Å². The van der Waals surface area contributed by atoms with Gasteiger partial charge in [-0.25, -0.2) is 9.78 Å². The van der Waals surface area contributed by atoms with Crippen LogP contribution in [0.1, 0.15) is 74.4 Å². The minimum absolute atomic E-state index is 0.103. The fourth-order valence-electron chi connectivity index (χ4n) is 7.17. The van der Waals surface area contributed by atoms with Gasteiger partial charge in [0.25, 0.3) is 5.56 Å². The predicted octanol–water partition coefficient (Wildman–Crippen LogP) is 5.17. The molecule has 7 rings (SSSR count). The Bertz CT molecular complexity index is 2170. The monoisotopic (exact) mass is 645 g/mol. The Balaban J connectivity index is 1.29. The molecule has 2 atom stereocenters. The van der Waals surface area contributed by atoms with Crippen LogP contribution >= 0.6 is 0 Å². The average molecular weight is 646 g/mol. The highest BCUT2D eigenvalue weighted by molar-refractivity contribution is 6.03. The molecule has 3 aliphatic heterocycles. The molecule has 4 aromatic rings. The molecule has 48 heavy (non-hydrogen) atoms. The number of carbonyl (C=O) groups excluding carboxylic acids is 3. The van der Waals surface area contributed by atoms with E-state index in [1.54, 1.807) is 35.6 Å². The molecule has 0 fully saturated rings. The highest BCUT2D eigenvalue weighted by Crippen LogP contribution is 2.40. The number of aliphatic hydroxyl groups is 1. The van der Waals surface area contributed by atoms with E-state index in [0.29, 0.717) is 40.5 Å². The largest absolute Gasteiger partial charge is 0.460 e. The van der Waals surface area contributed by atoms with Gasteiger partial charge in [-0.15, -0.1) is 0 Å². The van der Waals surface area contributed by atoms with Crippen LogP contribution in [-0.4, -0.2) is 50.1 Å². The van der Waals surface area contributed by atoms with Crippen LogP contribution in [0.3, 0.4) is 0 Å². The summed E-state index contributed by atoms with van der Waals surface area (Å²) in [5.41, 5.74) is 5.00. The highest BCUT2D eigenvalue weighted by atomic mass is 16.5. The molecule has 0 bridgehead atoms. The number of pyridine rings is 2. The number of cyclic esters (lactones) is 1. The van der Waals surface area contributed by atoms with Gasteiger partial charge in [0, 0.05) is 40.5 Å². The maximum absolute atomic E-state index is 13.9. The molecular weight excluding hydrogens is 610 g/mol. The van der Waals surface area contributed by atoms with E-state index in [9.17, 15) is 24.3 Å². The predicted molar refractivity (Wildman–Crippen MR) is 180 cm³/mol. The number of para-hydroxylation sites is 1. The molecule has 2 unspecified atom stereocenters. The lowest BCUT2D eigenvalue weighted by Gasteiger charge is -2.35. The first-order chi connectivity index (χ1) is 23.0. The molecule has 11 nitrogen and oxygen atoms in total. The molecule has 0 aliphatic carbocycles. The number of nitrogens with one attached hydrogen (secondary N) is 1. The van der Waals surface area contributed by atoms with E-state index < -0.39 is 17.6 Å². The molecule has 2 amide bonds. The molecular formula is C37H35N5O6. The zero-order chi connectivity index (χ0) is 33.9. The Kier molecular flexibility index (Phi) is 7.59. The summed E-state index contributed by atoms with van der Waals surface area (Å²) in [6, 6.07) is 16.0. The van der Waals surface area contributed by atoms with Crippen molar-refractivity contribution in [3.63, 3.8) is 0 Å². The lowest BCUT2D eigenvalue weighted by atomic mass is 9.85. The zero-order valence-corrected chi connectivity index (χ0v) is 27.2. The van der Waals surface area contributed by atoms with Crippen molar-refractivity contribution in [2.24, 2.45) is 4.99 Å². The van der Waals surface area contributed by atoms with E-state index in [0.717, 1.165) is 27.6 Å². The fraction of sp³-hybridized carbons (Fsp3) is 0.297. The molecule has 0 radical (unpaired) electrons. The summed E-state index contributed by atoms with van der Waals surface area (Å²) in [6.45, 7) is 7.45. The van der Waals surface area contributed by atoms with E-state index in [4.69, 9.17) is 14.7 Å². The number of ether oxygens (including phenoxy) is 1. The summed E-state index contributed by atoms with van der Waals surface area (Å²) in [6.07, 6.45) is 1.78. The maximum Gasteiger partial charge on any atom is 0.322 e. The number of benzene rings is 2. The third-order valence-electron chi connectivity index (χ3n) is 9.76. The Hall–Kier alpha value is -5.42. The van der Waals surface area contributed by atoms with Crippen LogP contribution in [0.15, 0.2) is 75.7 Å². The standard InChI is InChI=1S/C37H35N5O6/c1-5-37(47)16-31(44)48-19-27-28(37)15-30-34-26(18-42(30)35(27)45)25(24-9-7-8-10-29(24)39-34)17-38-23-13-11-22(12-14-23)33-32(21(4)43)20(3)41(6-2)36(46)40-33/h7-15,17,33,47H,5-6,16,18-19H2,1-4H3,(H,40,46). The normalized spacial score (nSPS) is 20.4. The Morgan fingerprint density at radius 2 is 1.88 bits per heavy atom. The van der Waals surface area contributed by atoms with Crippen LogP contribution in [-0.2, 0) is 33.1 Å². The first-order valence-electron chi connectivity index (χ1n) is 16.1. The van der Waals surface area contributed by atoms with E-state index in [1.807, 2.05) is 55.5 Å². The van der Waals surface area contributed by atoms with Crippen LogP contribution in [0, 0.1) is 0 Å². The van der Waals surface area contributed by atoms with Gasteiger partial charge in [0.2, 0.25) is 0 Å². The topological polar surface area (TPSA) is 143 Å². The van der Waals surface area contributed by atoms with Gasteiger partial charge in [0.05, 0.1) is 47.2 Å². The summed E-state index contributed by atoms with van der Waals surface area (Å²) < 4.78 is 6.93. The van der Waals surface area contributed by atoms with E-state index >= 15 is 0 Å². The number of fused-ring (bicyclic) bond motifs is 5. The van der Waals surface area contributed by atoms with Crippen molar-refractivity contribution in [1.82, 2.24) is 19.8 Å². The molecule has 2 aromatic heterocycles. The van der Waals surface area contributed by atoms with Crippen molar-refractivity contribution in [3.8, 4) is 11.4 Å². The second kappa shape index (κ2) is 11.7. The number of hydrogen-bond acceptors (Lipinski definition) is 8. The molecule has 2 N–H and O–H groups in total. The van der Waals surface area contributed by atoms with E-state index in [-0.39, 0.29) is 48.9 Å². The van der Waals surface area contributed by atoms with Crippen molar-refractivity contribution in [2.45, 2.75) is 65.3 Å². The van der Waals surface area contributed by atoms with Crippen molar-refractivity contribution in [2.75, 3.05) is 6.54 Å². The third-order valence-corrected chi connectivity index (χ3v) is 9.76. The smallest absolute Gasteiger partial charge is 0.322 e. The van der Waals surface area contributed by atoms with Gasteiger partial charge in [-0.1, -0.05) is 37.3 Å². The summed E-state index contributed by atoms with van der Waals surface area (Å²) in [5.74, 6) is -0.651. The molecule has 244 valence electrons. The molecule has 2 aromatic carbocycles. The molecule has 3 aliphatic rings. The minimum Gasteiger partial charge on any atom is -0.460 e. The maximum atomic E-state index is 13.9. The summed E-state index contributed by atoms with van der Waals surface area (Å²) in [7, 11) is 0. The van der Waals surface area contributed by atoms with Crippen molar-refractivity contribution >= 4 is 40.6 Å². The van der Waals surface area contributed by atoms with Crippen molar-refractivity contribution in [1.29, 1.82) is 0 Å². The number of allylic oxidation sites excluding steroid dienone is 1. The third kappa shape index (κ3) is 4.93. The molecule has 0 spiro atoms. The zero-order valence-electron chi connectivity index (χ0n) is 27.2. The van der Waals surface area contributed by atoms with Crippen LogP contribution < -0.4 is 10.9 Å². The molecule has 11 heteroatoms. The second-order valence-corrected chi connectivity index (χ2v) is 12.4. The van der Waals surface area contributed by atoms with Gasteiger partial charge in [0.15, 0.2) is 5.78 Å². The van der Waals surface area contributed by atoms with Gasteiger partial charge in [0.1, 0.15) is 12.2 Å². The van der Waals surface area contributed by atoms with Crippen LogP contribution in [0.4, 0.5) is 10.5 Å². The molecule has 0 saturated heterocycles. The number of esters is 1. The Morgan fingerprint density at radius 3 is 2.58 bits per heavy atom. The number of aliphatic imine (C=N–C) groups is 1. The van der Waals surface area contributed by atoms with Gasteiger partial charge in [-0.3, -0.25) is 24.3 Å².